The lowest BCUT2D eigenvalue weighted by Gasteiger charge is -2.26. The van der Waals surface area contributed by atoms with E-state index in [0.29, 0.717) is 6.42 Å². The Bertz CT molecular complexity index is 229. The van der Waals surface area contributed by atoms with E-state index >= 15 is 0 Å². The summed E-state index contributed by atoms with van der Waals surface area (Å²) < 4.78 is 39.3. The highest BCUT2D eigenvalue weighted by molar-refractivity contribution is 6.18. The number of hydrogen-bond donors (Lipinski definition) is 1. The van der Waals surface area contributed by atoms with Crippen LogP contribution in [-0.4, -0.2) is 36.7 Å². The first-order valence-corrected chi connectivity index (χ1v) is 5.27. The monoisotopic (exact) mass is 261 g/mol. The van der Waals surface area contributed by atoms with Crippen LogP contribution in [0.15, 0.2) is 0 Å². The van der Waals surface area contributed by atoms with Crippen LogP contribution in [0, 0.1) is 0 Å². The minimum Gasteiger partial charge on any atom is -0.362 e. The van der Waals surface area contributed by atoms with Gasteiger partial charge in [-0.2, -0.15) is 13.2 Å². The van der Waals surface area contributed by atoms with Crippen molar-refractivity contribution in [2.45, 2.75) is 32.0 Å². The Balaban J connectivity index is 3.91. The zero-order chi connectivity index (χ0) is 12.8. The quantitative estimate of drug-likeness (QED) is 0.744. The standard InChI is InChI=1S/C9H15ClF3NO2/c1-3-8(2,5-10)14-7(15)4-16-6-9(11,12)13/h3-6H2,1-2H3,(H,14,15). The number of nitrogens with one attached hydrogen (secondary N) is 1. The molecule has 1 unspecified atom stereocenters. The number of carbonyl (C=O) groups is 1. The molecule has 0 aromatic rings. The van der Waals surface area contributed by atoms with Crippen LogP contribution in [0.2, 0.25) is 0 Å². The fraction of sp³-hybridized carbons (Fsp3) is 0.889. The molecule has 3 nitrogen and oxygen atoms in total. The maximum Gasteiger partial charge on any atom is 0.411 e. The van der Waals surface area contributed by atoms with Crippen LogP contribution in [0.3, 0.4) is 0 Å². The molecule has 0 saturated carbocycles. The van der Waals surface area contributed by atoms with E-state index < -0.39 is 30.8 Å². The van der Waals surface area contributed by atoms with Crippen LogP contribution in [0.25, 0.3) is 0 Å². The molecule has 0 aliphatic heterocycles. The fourth-order valence-corrected chi connectivity index (χ4v) is 1.10. The van der Waals surface area contributed by atoms with E-state index in [2.05, 4.69) is 10.1 Å². The summed E-state index contributed by atoms with van der Waals surface area (Å²) in [6.45, 7) is 1.48. The summed E-state index contributed by atoms with van der Waals surface area (Å²) in [7, 11) is 0. The van der Waals surface area contributed by atoms with Gasteiger partial charge < -0.3 is 10.1 Å². The summed E-state index contributed by atoms with van der Waals surface area (Å²) in [6.07, 6.45) is -3.83. The number of carbonyl (C=O) groups excluding carboxylic acids is 1. The van der Waals surface area contributed by atoms with Gasteiger partial charge in [-0.1, -0.05) is 6.92 Å². The van der Waals surface area contributed by atoms with Crippen LogP contribution in [-0.2, 0) is 9.53 Å². The van der Waals surface area contributed by atoms with Crippen molar-refractivity contribution in [3.05, 3.63) is 0 Å². The second kappa shape index (κ2) is 6.30. The first kappa shape index (κ1) is 15.5. The smallest absolute Gasteiger partial charge is 0.362 e. The predicted octanol–water partition coefficient (Wildman–Crippen LogP) is 2.09. The van der Waals surface area contributed by atoms with E-state index in [1.165, 1.54) is 0 Å². The lowest BCUT2D eigenvalue weighted by molar-refractivity contribution is -0.175. The maximum absolute atomic E-state index is 11.7. The summed E-state index contributed by atoms with van der Waals surface area (Å²) in [5, 5.41) is 2.52. The molecular formula is C9H15ClF3NO2. The normalized spacial score (nSPS) is 15.6. The number of ether oxygens (including phenoxy) is 1. The highest BCUT2D eigenvalue weighted by Crippen LogP contribution is 2.14. The zero-order valence-corrected chi connectivity index (χ0v) is 9.91. The third-order valence-corrected chi connectivity index (χ3v) is 2.61. The molecule has 0 aliphatic rings. The zero-order valence-electron chi connectivity index (χ0n) is 9.16. The summed E-state index contributed by atoms with van der Waals surface area (Å²) in [5.74, 6) is -0.414. The highest BCUT2D eigenvalue weighted by Gasteiger charge is 2.28. The molecule has 1 N–H and O–H groups in total. The Morgan fingerprint density at radius 1 is 1.44 bits per heavy atom. The summed E-state index contributed by atoms with van der Waals surface area (Å²) >= 11 is 5.62. The second-order valence-corrected chi connectivity index (χ2v) is 3.97. The Labute approximate surface area is 97.3 Å². The molecule has 0 radical (unpaired) electrons. The second-order valence-electron chi connectivity index (χ2n) is 3.70. The number of halogens is 4. The van der Waals surface area contributed by atoms with Crippen molar-refractivity contribution < 1.29 is 22.7 Å². The maximum atomic E-state index is 11.7. The van der Waals surface area contributed by atoms with Crippen molar-refractivity contribution in [3.63, 3.8) is 0 Å². The van der Waals surface area contributed by atoms with E-state index in [4.69, 9.17) is 11.6 Å². The van der Waals surface area contributed by atoms with Gasteiger partial charge in [0.05, 0.1) is 5.54 Å². The molecule has 0 saturated heterocycles. The molecule has 0 aliphatic carbocycles. The van der Waals surface area contributed by atoms with Gasteiger partial charge in [0.2, 0.25) is 5.91 Å². The average Bonchev–Trinajstić information content (AvgIpc) is 2.15. The van der Waals surface area contributed by atoms with Crippen molar-refractivity contribution in [2.24, 2.45) is 0 Å². The Morgan fingerprint density at radius 2 is 2.00 bits per heavy atom. The molecule has 0 fully saturated rings. The van der Waals surface area contributed by atoms with Crippen LogP contribution in [0.5, 0.6) is 0 Å². The number of alkyl halides is 4. The molecule has 0 bridgehead atoms. The molecule has 0 aromatic heterocycles. The lowest BCUT2D eigenvalue weighted by Crippen LogP contribution is -2.48. The van der Waals surface area contributed by atoms with Gasteiger partial charge >= 0.3 is 6.18 Å². The van der Waals surface area contributed by atoms with Gasteiger partial charge in [0.25, 0.3) is 0 Å². The molecule has 1 atom stereocenters. The predicted molar refractivity (Wildman–Crippen MR) is 54.4 cm³/mol. The minimum absolute atomic E-state index is 0.189. The summed E-state index contributed by atoms with van der Waals surface area (Å²) in [6, 6.07) is 0. The summed E-state index contributed by atoms with van der Waals surface area (Å²) in [4.78, 5) is 11.2. The fourth-order valence-electron chi connectivity index (χ4n) is 0.848. The molecule has 0 aromatic carbocycles. The largest absolute Gasteiger partial charge is 0.411 e. The number of rotatable bonds is 6. The van der Waals surface area contributed by atoms with Crippen molar-refractivity contribution in [1.29, 1.82) is 0 Å². The Hall–Kier alpha value is -0.490. The van der Waals surface area contributed by atoms with Gasteiger partial charge in [0.1, 0.15) is 13.2 Å². The van der Waals surface area contributed by atoms with Crippen LogP contribution in [0.4, 0.5) is 13.2 Å². The van der Waals surface area contributed by atoms with Crippen molar-refractivity contribution in [1.82, 2.24) is 5.32 Å². The first-order valence-electron chi connectivity index (χ1n) is 4.74. The van der Waals surface area contributed by atoms with Gasteiger partial charge in [-0.15, -0.1) is 11.6 Å². The molecule has 0 spiro atoms. The molecule has 0 heterocycles. The minimum atomic E-state index is -4.42. The average molecular weight is 262 g/mol. The Morgan fingerprint density at radius 3 is 2.38 bits per heavy atom. The first-order chi connectivity index (χ1) is 7.22. The SMILES string of the molecule is CCC(C)(CCl)NC(=O)COCC(F)(F)F. The van der Waals surface area contributed by atoms with Gasteiger partial charge in [-0.3, -0.25) is 4.79 Å². The lowest BCUT2D eigenvalue weighted by atomic mass is 10.0. The molecule has 1 amide bonds. The van der Waals surface area contributed by atoms with Crippen molar-refractivity contribution >= 4 is 17.5 Å². The highest BCUT2D eigenvalue weighted by atomic mass is 35.5. The summed E-state index contributed by atoms with van der Waals surface area (Å²) in [5.41, 5.74) is -0.611. The van der Waals surface area contributed by atoms with Gasteiger partial charge in [0.15, 0.2) is 0 Å². The third kappa shape index (κ3) is 6.90. The molecule has 0 rings (SSSR count). The number of hydrogen-bond acceptors (Lipinski definition) is 2. The van der Waals surface area contributed by atoms with Gasteiger partial charge in [-0.25, -0.2) is 0 Å². The Kier molecular flexibility index (Phi) is 6.10. The van der Waals surface area contributed by atoms with E-state index in [1.807, 2.05) is 6.92 Å². The van der Waals surface area contributed by atoms with Gasteiger partial charge in [-0.05, 0) is 13.3 Å². The van der Waals surface area contributed by atoms with Crippen LogP contribution in [0.1, 0.15) is 20.3 Å². The van der Waals surface area contributed by atoms with Crippen LogP contribution >= 0.6 is 11.6 Å². The van der Waals surface area contributed by atoms with Crippen LogP contribution < -0.4 is 5.32 Å². The van der Waals surface area contributed by atoms with E-state index in [9.17, 15) is 18.0 Å². The van der Waals surface area contributed by atoms with Gasteiger partial charge in [0, 0.05) is 5.88 Å². The van der Waals surface area contributed by atoms with E-state index in [1.54, 1.807) is 6.92 Å². The third-order valence-electron chi connectivity index (χ3n) is 2.02. The molecular weight excluding hydrogens is 247 g/mol. The molecule has 7 heteroatoms. The topological polar surface area (TPSA) is 38.3 Å². The number of amides is 1. The van der Waals surface area contributed by atoms with Crippen molar-refractivity contribution in [2.75, 3.05) is 19.1 Å². The van der Waals surface area contributed by atoms with E-state index in [0.717, 1.165) is 0 Å². The molecule has 16 heavy (non-hydrogen) atoms. The van der Waals surface area contributed by atoms with Crippen molar-refractivity contribution in [3.8, 4) is 0 Å². The van der Waals surface area contributed by atoms with E-state index in [-0.39, 0.29) is 5.88 Å². The molecule has 96 valence electrons.